The third-order valence-corrected chi connectivity index (χ3v) is 8.70. The molecule has 3 atom stereocenters. The highest BCUT2D eigenvalue weighted by molar-refractivity contribution is 7.99. The van der Waals surface area contributed by atoms with Gasteiger partial charge in [0.2, 0.25) is 5.91 Å². The highest BCUT2D eigenvalue weighted by Crippen LogP contribution is 2.33. The van der Waals surface area contributed by atoms with Crippen molar-refractivity contribution in [2.75, 3.05) is 32.0 Å². The minimum atomic E-state index is -0.789. The van der Waals surface area contributed by atoms with Crippen molar-refractivity contribution in [3.63, 3.8) is 0 Å². The number of nitrogens with zero attached hydrogens (tertiary/aromatic N) is 2. The molecule has 2 aromatic carbocycles. The Balaban J connectivity index is 1.43. The standard InChI is InChI=1S/C33H41N3O7S/c1-5-42-32(41)25(17-11-12-18-36-29(38)23-15-9-10-16-24(23)30(36)39)34-26-21-44-27(22-13-7-6-8-14-22)19-35(31(26)40)20-28(37)43-33(2,3)4/h6-10,13-16,25-27,34H,5,11-12,17-21H2,1-4H3/t25?,26-,27-/m0/s1. The Labute approximate surface area is 262 Å². The molecule has 2 aliphatic heterocycles. The SMILES string of the molecule is CCOC(=O)C(CCCCN1C(=O)c2ccccc2C1=O)N[C@H]1CS[C@H](c2ccccc2)CN(CC(=O)OC(C)(C)C)C1=O. The van der Waals surface area contributed by atoms with Crippen molar-refractivity contribution in [2.24, 2.45) is 0 Å². The predicted octanol–water partition coefficient (Wildman–Crippen LogP) is 4.00. The van der Waals surface area contributed by atoms with E-state index in [4.69, 9.17) is 9.47 Å². The molecule has 236 valence electrons. The quantitative estimate of drug-likeness (QED) is 0.212. The van der Waals surface area contributed by atoms with Gasteiger partial charge in [-0.2, -0.15) is 0 Å². The average Bonchev–Trinajstić information content (AvgIpc) is 3.12. The number of hydrogen-bond donors (Lipinski definition) is 1. The molecule has 1 saturated heterocycles. The zero-order valence-electron chi connectivity index (χ0n) is 25.7. The van der Waals surface area contributed by atoms with E-state index in [0.29, 0.717) is 42.7 Å². The van der Waals surface area contributed by atoms with E-state index in [-0.39, 0.29) is 42.7 Å². The molecule has 10 nitrogen and oxygen atoms in total. The van der Waals surface area contributed by atoms with E-state index < -0.39 is 29.6 Å². The topological polar surface area (TPSA) is 122 Å². The minimum Gasteiger partial charge on any atom is -0.465 e. The van der Waals surface area contributed by atoms with Crippen molar-refractivity contribution < 1.29 is 33.4 Å². The van der Waals surface area contributed by atoms with E-state index in [0.717, 1.165) is 5.56 Å². The Hall–Kier alpha value is -3.70. The van der Waals surface area contributed by atoms with Gasteiger partial charge in [0, 0.05) is 24.1 Å². The number of ether oxygens (including phenoxy) is 2. The lowest BCUT2D eigenvalue weighted by Crippen LogP contribution is -2.54. The van der Waals surface area contributed by atoms with Gasteiger partial charge in [-0.15, -0.1) is 11.8 Å². The smallest absolute Gasteiger partial charge is 0.326 e. The Morgan fingerprint density at radius 2 is 1.61 bits per heavy atom. The minimum absolute atomic E-state index is 0.0740. The average molecular weight is 624 g/mol. The molecule has 2 heterocycles. The first-order valence-corrected chi connectivity index (χ1v) is 16.1. The van der Waals surface area contributed by atoms with Crippen molar-refractivity contribution in [2.45, 2.75) is 69.9 Å². The van der Waals surface area contributed by atoms with Gasteiger partial charge in [0.1, 0.15) is 18.2 Å². The normalized spacial score (nSPS) is 19.4. The number of fused-ring (bicyclic) bond motifs is 1. The van der Waals surface area contributed by atoms with Crippen LogP contribution in [0.5, 0.6) is 0 Å². The van der Waals surface area contributed by atoms with Crippen molar-refractivity contribution in [1.29, 1.82) is 0 Å². The summed E-state index contributed by atoms with van der Waals surface area (Å²) in [5.41, 5.74) is 1.14. The number of nitrogens with one attached hydrogen (secondary N) is 1. The van der Waals surface area contributed by atoms with Crippen LogP contribution in [0.25, 0.3) is 0 Å². The summed E-state index contributed by atoms with van der Waals surface area (Å²) in [5.74, 6) is -1.52. The largest absolute Gasteiger partial charge is 0.465 e. The first-order valence-electron chi connectivity index (χ1n) is 15.0. The van der Waals surface area contributed by atoms with Gasteiger partial charge in [-0.3, -0.25) is 34.2 Å². The van der Waals surface area contributed by atoms with E-state index in [1.807, 2.05) is 30.3 Å². The number of thioether (sulfide) groups is 1. The molecule has 2 aliphatic rings. The summed E-state index contributed by atoms with van der Waals surface area (Å²) < 4.78 is 10.8. The van der Waals surface area contributed by atoms with Gasteiger partial charge in [0.25, 0.3) is 11.8 Å². The van der Waals surface area contributed by atoms with E-state index in [1.54, 1.807) is 63.7 Å². The van der Waals surface area contributed by atoms with Crippen LogP contribution in [-0.4, -0.2) is 89.1 Å². The van der Waals surface area contributed by atoms with E-state index in [1.165, 1.54) is 9.80 Å². The zero-order valence-corrected chi connectivity index (χ0v) is 26.6. The van der Waals surface area contributed by atoms with Crippen LogP contribution in [0.2, 0.25) is 0 Å². The molecule has 0 bridgehead atoms. The summed E-state index contributed by atoms with van der Waals surface area (Å²) in [5, 5.41) is 3.15. The van der Waals surface area contributed by atoms with Crippen molar-refractivity contribution in [1.82, 2.24) is 15.1 Å². The number of benzene rings is 2. The van der Waals surface area contributed by atoms with Crippen molar-refractivity contribution in [3.05, 3.63) is 71.3 Å². The Morgan fingerprint density at radius 3 is 2.23 bits per heavy atom. The molecule has 4 rings (SSSR count). The third-order valence-electron chi connectivity index (χ3n) is 7.35. The van der Waals surface area contributed by atoms with Crippen LogP contribution in [0.4, 0.5) is 0 Å². The molecule has 0 aromatic heterocycles. The van der Waals surface area contributed by atoms with Crippen LogP contribution in [0.1, 0.15) is 78.5 Å². The van der Waals surface area contributed by atoms with Gasteiger partial charge in [-0.1, -0.05) is 42.5 Å². The number of hydrogen-bond acceptors (Lipinski definition) is 9. The molecule has 3 amide bonds. The lowest BCUT2D eigenvalue weighted by Gasteiger charge is -2.28. The van der Waals surface area contributed by atoms with Crippen LogP contribution in [0, 0.1) is 0 Å². The summed E-state index contributed by atoms with van der Waals surface area (Å²) in [7, 11) is 0. The van der Waals surface area contributed by atoms with E-state index in [2.05, 4.69) is 5.32 Å². The van der Waals surface area contributed by atoms with Crippen LogP contribution in [0.15, 0.2) is 54.6 Å². The zero-order chi connectivity index (χ0) is 31.9. The molecule has 1 unspecified atom stereocenters. The summed E-state index contributed by atoms with van der Waals surface area (Å²) >= 11 is 1.59. The van der Waals surface area contributed by atoms with Gasteiger partial charge in [0.15, 0.2) is 0 Å². The first-order chi connectivity index (χ1) is 21.0. The maximum absolute atomic E-state index is 13.8. The van der Waals surface area contributed by atoms with Gasteiger partial charge < -0.3 is 14.4 Å². The monoisotopic (exact) mass is 623 g/mol. The van der Waals surface area contributed by atoms with E-state index >= 15 is 0 Å². The summed E-state index contributed by atoms with van der Waals surface area (Å²) in [6.45, 7) is 7.57. The molecular formula is C33H41N3O7S. The predicted molar refractivity (Wildman–Crippen MR) is 167 cm³/mol. The second-order valence-electron chi connectivity index (χ2n) is 11.9. The van der Waals surface area contributed by atoms with Gasteiger partial charge in [-0.05, 0) is 64.7 Å². The molecule has 11 heteroatoms. The number of carbonyl (C=O) groups is 5. The second-order valence-corrected chi connectivity index (χ2v) is 13.1. The number of unbranched alkanes of at least 4 members (excludes halogenated alkanes) is 1. The van der Waals surface area contributed by atoms with Crippen molar-refractivity contribution >= 4 is 41.4 Å². The summed E-state index contributed by atoms with van der Waals surface area (Å²) in [4.78, 5) is 67.8. The maximum atomic E-state index is 13.8. The molecule has 0 spiro atoms. The highest BCUT2D eigenvalue weighted by Gasteiger charge is 2.37. The molecule has 2 aromatic rings. The fourth-order valence-electron chi connectivity index (χ4n) is 5.32. The molecular weight excluding hydrogens is 582 g/mol. The van der Waals surface area contributed by atoms with Crippen LogP contribution in [0.3, 0.4) is 0 Å². The number of esters is 2. The van der Waals surface area contributed by atoms with Crippen molar-refractivity contribution in [3.8, 4) is 0 Å². The first kappa shape index (κ1) is 33.2. The Kier molecular flexibility index (Phi) is 11.2. The summed E-state index contributed by atoms with van der Waals surface area (Å²) in [6.07, 6.45) is 1.33. The highest BCUT2D eigenvalue weighted by atomic mass is 32.2. The second kappa shape index (κ2) is 14.9. The summed E-state index contributed by atoms with van der Waals surface area (Å²) in [6, 6.07) is 15.0. The molecule has 0 saturated carbocycles. The lowest BCUT2D eigenvalue weighted by atomic mass is 10.1. The molecule has 44 heavy (non-hydrogen) atoms. The van der Waals surface area contributed by atoms with Gasteiger partial charge >= 0.3 is 11.9 Å². The van der Waals surface area contributed by atoms with Gasteiger partial charge in [-0.25, -0.2) is 0 Å². The number of imide groups is 1. The van der Waals surface area contributed by atoms with E-state index in [9.17, 15) is 24.0 Å². The maximum Gasteiger partial charge on any atom is 0.326 e. The fraction of sp³-hybridized carbons (Fsp3) is 0.485. The number of rotatable bonds is 12. The number of amides is 3. The molecule has 0 radical (unpaired) electrons. The molecule has 1 fully saturated rings. The lowest BCUT2D eigenvalue weighted by molar-refractivity contribution is -0.159. The Morgan fingerprint density at radius 1 is 0.977 bits per heavy atom. The van der Waals surface area contributed by atoms with Crippen LogP contribution >= 0.6 is 11.8 Å². The van der Waals surface area contributed by atoms with Crippen LogP contribution in [-0.2, 0) is 23.9 Å². The number of carbonyl (C=O) groups excluding carboxylic acids is 5. The Bertz CT molecular complexity index is 1330. The molecule has 0 aliphatic carbocycles. The molecule has 1 N–H and O–H groups in total. The van der Waals surface area contributed by atoms with Gasteiger partial charge in [0.05, 0.1) is 23.8 Å². The van der Waals surface area contributed by atoms with Crippen LogP contribution < -0.4 is 5.32 Å². The third kappa shape index (κ3) is 8.47. The fourth-order valence-corrected chi connectivity index (χ4v) is 6.62.